The van der Waals surface area contributed by atoms with E-state index in [2.05, 4.69) is 35.6 Å². The molecule has 1 aromatic carbocycles. The summed E-state index contributed by atoms with van der Waals surface area (Å²) in [4.78, 5) is 4.65. The highest BCUT2D eigenvalue weighted by Gasteiger charge is 2.06. The molecule has 0 aliphatic carbocycles. The van der Waals surface area contributed by atoms with Gasteiger partial charge in [0.05, 0.1) is 12.3 Å². The van der Waals surface area contributed by atoms with Gasteiger partial charge >= 0.3 is 0 Å². The minimum atomic E-state index is 0.478. The molecule has 4 heteroatoms. The second-order valence-electron chi connectivity index (χ2n) is 4.64. The molecule has 19 heavy (non-hydrogen) atoms. The topological polar surface area (TPSA) is 34.1 Å². The Hall–Kier alpha value is -1.39. The maximum Gasteiger partial charge on any atom is 0.123 e. The fourth-order valence-corrected chi connectivity index (χ4v) is 2.53. The molecule has 3 nitrogen and oxygen atoms in total. The minimum Gasteiger partial charge on any atom is -0.494 e. The molecule has 2 aromatic rings. The van der Waals surface area contributed by atoms with Gasteiger partial charge in [-0.05, 0) is 19.1 Å². The number of benzene rings is 1. The van der Waals surface area contributed by atoms with Gasteiger partial charge in [-0.1, -0.05) is 26.0 Å². The van der Waals surface area contributed by atoms with Crippen LogP contribution in [0.25, 0.3) is 10.6 Å². The average molecular weight is 276 g/mol. The van der Waals surface area contributed by atoms with Crippen molar-refractivity contribution in [3.05, 3.63) is 35.3 Å². The van der Waals surface area contributed by atoms with Crippen molar-refractivity contribution in [1.82, 2.24) is 10.3 Å². The van der Waals surface area contributed by atoms with Crippen molar-refractivity contribution < 1.29 is 4.74 Å². The Morgan fingerprint density at radius 3 is 2.95 bits per heavy atom. The summed E-state index contributed by atoms with van der Waals surface area (Å²) in [6.45, 7) is 7.77. The van der Waals surface area contributed by atoms with Crippen LogP contribution >= 0.6 is 11.3 Å². The largest absolute Gasteiger partial charge is 0.494 e. The smallest absolute Gasteiger partial charge is 0.123 e. The number of hydrogen-bond acceptors (Lipinski definition) is 4. The molecule has 0 aliphatic rings. The highest BCUT2D eigenvalue weighted by molar-refractivity contribution is 7.13. The van der Waals surface area contributed by atoms with E-state index in [1.54, 1.807) is 11.3 Å². The van der Waals surface area contributed by atoms with E-state index in [4.69, 9.17) is 4.74 Å². The third kappa shape index (κ3) is 4.04. The summed E-state index contributed by atoms with van der Waals surface area (Å²) in [5.74, 6) is 0.900. The number of ether oxygens (including phenoxy) is 1. The van der Waals surface area contributed by atoms with E-state index in [0.29, 0.717) is 12.6 Å². The molecule has 1 heterocycles. The normalized spacial score (nSPS) is 10.9. The summed E-state index contributed by atoms with van der Waals surface area (Å²) >= 11 is 1.67. The predicted molar refractivity (Wildman–Crippen MR) is 80.7 cm³/mol. The van der Waals surface area contributed by atoms with Crippen molar-refractivity contribution in [3.8, 4) is 16.3 Å². The highest BCUT2D eigenvalue weighted by Crippen LogP contribution is 2.26. The lowest BCUT2D eigenvalue weighted by Gasteiger charge is -2.05. The SMILES string of the molecule is CCOc1cccc(-c2nc(CNC(C)C)cs2)c1. The van der Waals surface area contributed by atoms with Gasteiger partial charge in [-0.2, -0.15) is 0 Å². The van der Waals surface area contributed by atoms with Crippen LogP contribution in [0.5, 0.6) is 5.75 Å². The van der Waals surface area contributed by atoms with Gasteiger partial charge in [-0.25, -0.2) is 4.98 Å². The second-order valence-corrected chi connectivity index (χ2v) is 5.50. The third-order valence-electron chi connectivity index (χ3n) is 2.64. The van der Waals surface area contributed by atoms with Gasteiger partial charge in [0.1, 0.15) is 10.8 Å². The summed E-state index contributed by atoms with van der Waals surface area (Å²) in [7, 11) is 0. The van der Waals surface area contributed by atoms with Crippen LogP contribution in [0, 0.1) is 0 Å². The number of nitrogens with one attached hydrogen (secondary N) is 1. The zero-order valence-electron chi connectivity index (χ0n) is 11.6. The monoisotopic (exact) mass is 276 g/mol. The molecule has 1 aromatic heterocycles. The van der Waals surface area contributed by atoms with Gasteiger partial charge in [-0.15, -0.1) is 11.3 Å². The van der Waals surface area contributed by atoms with Gasteiger partial charge in [0.15, 0.2) is 0 Å². The van der Waals surface area contributed by atoms with Gasteiger partial charge in [-0.3, -0.25) is 0 Å². The molecule has 0 aliphatic heterocycles. The molecule has 2 rings (SSSR count). The first-order chi connectivity index (χ1) is 9.19. The van der Waals surface area contributed by atoms with Crippen molar-refractivity contribution >= 4 is 11.3 Å². The number of aromatic nitrogens is 1. The van der Waals surface area contributed by atoms with Crippen molar-refractivity contribution in [3.63, 3.8) is 0 Å². The number of rotatable bonds is 6. The molecule has 1 N–H and O–H groups in total. The Morgan fingerprint density at radius 2 is 2.21 bits per heavy atom. The molecule has 102 valence electrons. The number of hydrogen-bond donors (Lipinski definition) is 1. The molecule has 0 saturated heterocycles. The highest BCUT2D eigenvalue weighted by atomic mass is 32.1. The zero-order valence-corrected chi connectivity index (χ0v) is 12.5. The quantitative estimate of drug-likeness (QED) is 0.873. The van der Waals surface area contributed by atoms with Crippen LogP contribution in [-0.4, -0.2) is 17.6 Å². The molecule has 0 atom stereocenters. The van der Waals surface area contributed by atoms with Crippen LogP contribution in [0.15, 0.2) is 29.6 Å². The zero-order chi connectivity index (χ0) is 13.7. The van der Waals surface area contributed by atoms with Crippen molar-refractivity contribution in [1.29, 1.82) is 0 Å². The van der Waals surface area contributed by atoms with Crippen LogP contribution in [0.3, 0.4) is 0 Å². The summed E-state index contributed by atoms with van der Waals surface area (Å²) in [6, 6.07) is 8.57. The minimum absolute atomic E-state index is 0.478. The van der Waals surface area contributed by atoms with E-state index in [-0.39, 0.29) is 0 Å². The maximum atomic E-state index is 5.52. The third-order valence-corrected chi connectivity index (χ3v) is 3.58. The number of nitrogens with zero attached hydrogens (tertiary/aromatic N) is 1. The molecular formula is C15H20N2OS. The van der Waals surface area contributed by atoms with Gasteiger partial charge in [0.2, 0.25) is 0 Å². The van der Waals surface area contributed by atoms with Gasteiger partial charge in [0, 0.05) is 23.5 Å². The lowest BCUT2D eigenvalue weighted by atomic mass is 10.2. The van der Waals surface area contributed by atoms with E-state index >= 15 is 0 Å². The van der Waals surface area contributed by atoms with Crippen LogP contribution < -0.4 is 10.1 Å². The van der Waals surface area contributed by atoms with E-state index in [1.807, 2.05) is 25.1 Å². The first kappa shape index (κ1) is 14.0. The van der Waals surface area contributed by atoms with E-state index in [1.165, 1.54) is 0 Å². The lowest BCUT2D eigenvalue weighted by molar-refractivity contribution is 0.340. The Balaban J connectivity index is 2.11. The summed E-state index contributed by atoms with van der Waals surface area (Å²) < 4.78 is 5.52. The van der Waals surface area contributed by atoms with Crippen LogP contribution in [-0.2, 0) is 6.54 Å². The molecular weight excluding hydrogens is 256 g/mol. The first-order valence-corrected chi connectivity index (χ1v) is 7.48. The fraction of sp³-hybridized carbons (Fsp3) is 0.400. The molecule has 0 unspecified atom stereocenters. The van der Waals surface area contributed by atoms with Crippen LogP contribution in [0.2, 0.25) is 0 Å². The molecule has 0 spiro atoms. The summed E-state index contributed by atoms with van der Waals surface area (Å²) in [5, 5.41) is 6.53. The Labute approximate surface area is 118 Å². The second kappa shape index (κ2) is 6.68. The van der Waals surface area contributed by atoms with Crippen LogP contribution in [0.4, 0.5) is 0 Å². The Morgan fingerprint density at radius 1 is 1.37 bits per heavy atom. The standard InChI is InChI=1S/C15H20N2OS/c1-4-18-14-7-5-6-12(8-14)15-17-13(10-19-15)9-16-11(2)3/h5-8,10-11,16H,4,9H2,1-3H3. The summed E-state index contributed by atoms with van der Waals surface area (Å²) in [6.07, 6.45) is 0. The predicted octanol–water partition coefficient (Wildman–Crippen LogP) is 3.71. The molecule has 0 fully saturated rings. The molecule has 0 radical (unpaired) electrons. The van der Waals surface area contributed by atoms with Gasteiger partial charge in [0.25, 0.3) is 0 Å². The Kier molecular flexibility index (Phi) is 4.93. The van der Waals surface area contributed by atoms with E-state index < -0.39 is 0 Å². The van der Waals surface area contributed by atoms with Crippen molar-refractivity contribution in [2.45, 2.75) is 33.4 Å². The first-order valence-electron chi connectivity index (χ1n) is 6.60. The van der Waals surface area contributed by atoms with E-state index in [9.17, 15) is 0 Å². The van der Waals surface area contributed by atoms with Crippen LogP contribution in [0.1, 0.15) is 26.5 Å². The maximum absolute atomic E-state index is 5.52. The van der Waals surface area contributed by atoms with Gasteiger partial charge < -0.3 is 10.1 Å². The van der Waals surface area contributed by atoms with Crippen molar-refractivity contribution in [2.24, 2.45) is 0 Å². The number of thiazole rings is 1. The van der Waals surface area contributed by atoms with E-state index in [0.717, 1.165) is 28.6 Å². The molecule has 0 saturated carbocycles. The lowest BCUT2D eigenvalue weighted by Crippen LogP contribution is -2.21. The average Bonchev–Trinajstić information content (AvgIpc) is 2.86. The molecule has 0 amide bonds. The Bertz CT molecular complexity index is 522. The fourth-order valence-electron chi connectivity index (χ4n) is 1.72. The van der Waals surface area contributed by atoms with Crippen molar-refractivity contribution in [2.75, 3.05) is 6.61 Å². The molecule has 0 bridgehead atoms. The summed E-state index contributed by atoms with van der Waals surface area (Å²) in [5.41, 5.74) is 2.21.